The highest BCUT2D eigenvalue weighted by molar-refractivity contribution is 5.27. The van der Waals surface area contributed by atoms with Crippen molar-refractivity contribution in [3.05, 3.63) is 47.5 Å². The van der Waals surface area contributed by atoms with Gasteiger partial charge in [-0.2, -0.15) is 13.2 Å². The average Bonchev–Trinajstić information content (AvgIpc) is 2.34. The van der Waals surface area contributed by atoms with Crippen molar-refractivity contribution in [1.82, 2.24) is 5.32 Å². The summed E-state index contributed by atoms with van der Waals surface area (Å²) in [5.41, 5.74) is 1.31. The lowest BCUT2D eigenvalue weighted by Gasteiger charge is -2.18. The van der Waals surface area contributed by atoms with E-state index in [1.165, 1.54) is 12.1 Å². The van der Waals surface area contributed by atoms with Gasteiger partial charge in [-0.15, -0.1) is 0 Å². The van der Waals surface area contributed by atoms with E-state index in [9.17, 15) is 13.2 Å². The quantitative estimate of drug-likeness (QED) is 0.774. The van der Waals surface area contributed by atoms with Crippen molar-refractivity contribution in [2.45, 2.75) is 32.0 Å². The largest absolute Gasteiger partial charge is 0.416 e. The molecule has 1 nitrogen and oxygen atoms in total. The smallest absolute Gasteiger partial charge is 0.313 e. The molecule has 4 heteroatoms. The molecule has 0 aliphatic rings. The molecule has 0 amide bonds. The fourth-order valence-electron chi connectivity index (χ4n) is 1.72. The lowest BCUT2D eigenvalue weighted by atomic mass is 9.97. The van der Waals surface area contributed by atoms with E-state index in [-0.39, 0.29) is 6.04 Å². The van der Waals surface area contributed by atoms with Crippen LogP contribution in [0.1, 0.15) is 36.9 Å². The number of rotatable bonds is 5. The average molecular weight is 257 g/mol. The van der Waals surface area contributed by atoms with Crippen LogP contribution in [0, 0.1) is 0 Å². The second-order valence-electron chi connectivity index (χ2n) is 4.27. The Labute approximate surface area is 106 Å². The Bertz CT molecular complexity index is 392. The van der Waals surface area contributed by atoms with Crippen molar-refractivity contribution < 1.29 is 13.2 Å². The first kappa shape index (κ1) is 14.8. The Morgan fingerprint density at radius 2 is 1.83 bits per heavy atom. The van der Waals surface area contributed by atoms with Gasteiger partial charge in [0.05, 0.1) is 5.56 Å². The second kappa shape index (κ2) is 6.05. The summed E-state index contributed by atoms with van der Waals surface area (Å²) in [4.78, 5) is 0. The molecule has 0 saturated carbocycles. The third-order valence-corrected chi connectivity index (χ3v) is 2.98. The number of benzene rings is 1. The van der Waals surface area contributed by atoms with Gasteiger partial charge in [-0.3, -0.25) is 0 Å². The Balaban J connectivity index is 2.85. The molecule has 0 fully saturated rings. The van der Waals surface area contributed by atoms with Gasteiger partial charge in [0.15, 0.2) is 0 Å². The molecule has 1 unspecified atom stereocenters. The highest BCUT2D eigenvalue weighted by Gasteiger charge is 2.30. The zero-order chi connectivity index (χ0) is 13.8. The minimum absolute atomic E-state index is 0.0136. The fraction of sp³-hybridized carbons (Fsp3) is 0.429. The number of alkyl halides is 3. The molecule has 18 heavy (non-hydrogen) atoms. The van der Waals surface area contributed by atoms with Crippen LogP contribution in [0.3, 0.4) is 0 Å². The van der Waals surface area contributed by atoms with Crippen molar-refractivity contribution >= 4 is 0 Å². The van der Waals surface area contributed by atoms with Gasteiger partial charge in [-0.1, -0.05) is 31.2 Å². The van der Waals surface area contributed by atoms with Crippen LogP contribution in [-0.2, 0) is 6.18 Å². The van der Waals surface area contributed by atoms with Gasteiger partial charge in [-0.05, 0) is 37.6 Å². The molecule has 1 N–H and O–H groups in total. The van der Waals surface area contributed by atoms with Crippen LogP contribution in [0.4, 0.5) is 13.2 Å². The summed E-state index contributed by atoms with van der Waals surface area (Å²) >= 11 is 0. The van der Waals surface area contributed by atoms with E-state index >= 15 is 0 Å². The first-order chi connectivity index (χ1) is 8.38. The lowest BCUT2D eigenvalue weighted by Crippen LogP contribution is -2.17. The van der Waals surface area contributed by atoms with E-state index in [1.54, 1.807) is 7.05 Å². The predicted molar refractivity (Wildman–Crippen MR) is 67.3 cm³/mol. The normalized spacial score (nSPS) is 13.4. The van der Waals surface area contributed by atoms with E-state index in [0.29, 0.717) is 0 Å². The Hall–Kier alpha value is -1.29. The highest BCUT2D eigenvalue weighted by atomic mass is 19.4. The summed E-state index contributed by atoms with van der Waals surface area (Å²) in [5.74, 6) is 0. The number of hydrogen-bond acceptors (Lipinski definition) is 1. The summed E-state index contributed by atoms with van der Waals surface area (Å²) in [5, 5.41) is 3.10. The van der Waals surface area contributed by atoms with Crippen LogP contribution in [0.2, 0.25) is 0 Å². The molecule has 0 heterocycles. The second-order valence-corrected chi connectivity index (χ2v) is 4.27. The summed E-state index contributed by atoms with van der Waals surface area (Å²) in [6, 6.07) is 5.29. The fourth-order valence-corrected chi connectivity index (χ4v) is 1.72. The van der Waals surface area contributed by atoms with Crippen molar-refractivity contribution in [3.63, 3.8) is 0 Å². The van der Waals surface area contributed by atoms with Crippen LogP contribution in [0.25, 0.3) is 0 Å². The predicted octanol–water partition coefficient (Wildman–Crippen LogP) is 4.32. The summed E-state index contributed by atoms with van der Waals surface area (Å²) in [6.45, 7) is 5.94. The maximum Gasteiger partial charge on any atom is 0.416 e. The Morgan fingerprint density at radius 1 is 1.28 bits per heavy atom. The molecule has 1 aromatic rings. The highest BCUT2D eigenvalue weighted by Crippen LogP contribution is 2.30. The van der Waals surface area contributed by atoms with E-state index < -0.39 is 11.7 Å². The van der Waals surface area contributed by atoms with Gasteiger partial charge < -0.3 is 5.32 Å². The van der Waals surface area contributed by atoms with Crippen molar-refractivity contribution in [3.8, 4) is 0 Å². The molecule has 0 bridgehead atoms. The molecule has 0 spiro atoms. The third kappa shape index (κ3) is 3.88. The molecule has 1 atom stereocenters. The molecular weight excluding hydrogens is 239 g/mol. The zero-order valence-corrected chi connectivity index (χ0v) is 10.6. The summed E-state index contributed by atoms with van der Waals surface area (Å²) in [7, 11) is 1.80. The van der Waals surface area contributed by atoms with E-state index in [0.717, 1.165) is 36.1 Å². The standard InChI is InChI=1S/C14H18F3N/c1-4-10(2)9-13(18-3)11-5-7-12(8-6-11)14(15,16)17/h5-8,13,18H,2,4,9H2,1,3H3. The first-order valence-electron chi connectivity index (χ1n) is 5.89. The summed E-state index contributed by atoms with van der Waals surface area (Å²) < 4.78 is 37.3. The number of hydrogen-bond donors (Lipinski definition) is 1. The SMILES string of the molecule is C=C(CC)CC(NC)c1ccc(C(F)(F)F)cc1. The van der Waals surface area contributed by atoms with Crippen LogP contribution < -0.4 is 5.32 Å². The monoisotopic (exact) mass is 257 g/mol. The zero-order valence-electron chi connectivity index (χ0n) is 10.6. The molecule has 0 aromatic heterocycles. The maximum atomic E-state index is 12.4. The van der Waals surface area contributed by atoms with E-state index in [4.69, 9.17) is 0 Å². The van der Waals surface area contributed by atoms with Gasteiger partial charge in [-0.25, -0.2) is 0 Å². The molecule has 100 valence electrons. The molecule has 0 aliphatic heterocycles. The van der Waals surface area contributed by atoms with Crippen molar-refractivity contribution in [2.24, 2.45) is 0 Å². The van der Waals surface area contributed by atoms with E-state index in [2.05, 4.69) is 11.9 Å². The number of nitrogens with one attached hydrogen (secondary N) is 1. The molecule has 1 rings (SSSR count). The molecule has 1 aromatic carbocycles. The van der Waals surface area contributed by atoms with Crippen LogP contribution >= 0.6 is 0 Å². The van der Waals surface area contributed by atoms with Gasteiger partial charge in [0.1, 0.15) is 0 Å². The van der Waals surface area contributed by atoms with Gasteiger partial charge in [0, 0.05) is 6.04 Å². The first-order valence-corrected chi connectivity index (χ1v) is 5.89. The van der Waals surface area contributed by atoms with Gasteiger partial charge in [0.2, 0.25) is 0 Å². The maximum absolute atomic E-state index is 12.4. The minimum Gasteiger partial charge on any atom is -0.313 e. The molecule has 0 saturated heterocycles. The van der Waals surface area contributed by atoms with Gasteiger partial charge in [0.25, 0.3) is 0 Å². The van der Waals surface area contributed by atoms with Crippen LogP contribution in [0.5, 0.6) is 0 Å². The third-order valence-electron chi connectivity index (χ3n) is 2.98. The van der Waals surface area contributed by atoms with Crippen molar-refractivity contribution in [2.75, 3.05) is 7.05 Å². The Morgan fingerprint density at radius 3 is 2.22 bits per heavy atom. The van der Waals surface area contributed by atoms with Crippen molar-refractivity contribution in [1.29, 1.82) is 0 Å². The minimum atomic E-state index is -4.28. The topological polar surface area (TPSA) is 12.0 Å². The van der Waals surface area contributed by atoms with E-state index in [1.807, 2.05) is 6.92 Å². The Kier molecular flexibility index (Phi) is 4.96. The number of halogens is 3. The summed E-state index contributed by atoms with van der Waals surface area (Å²) in [6.07, 6.45) is -2.67. The van der Waals surface area contributed by atoms with Gasteiger partial charge >= 0.3 is 6.18 Å². The van der Waals surface area contributed by atoms with Crippen LogP contribution in [-0.4, -0.2) is 7.05 Å². The molecule has 0 aliphatic carbocycles. The lowest BCUT2D eigenvalue weighted by molar-refractivity contribution is -0.137. The molecule has 0 radical (unpaired) electrons. The molecular formula is C14H18F3N. The van der Waals surface area contributed by atoms with Crippen LogP contribution in [0.15, 0.2) is 36.4 Å².